The van der Waals surface area contributed by atoms with Crippen molar-refractivity contribution in [1.82, 2.24) is 4.98 Å². The molecular formula is C29H26N2O7S2. The summed E-state index contributed by atoms with van der Waals surface area (Å²) in [6.45, 7) is 0. The second kappa shape index (κ2) is 12.2. The third kappa shape index (κ3) is 6.80. The van der Waals surface area contributed by atoms with Crippen LogP contribution in [-0.4, -0.2) is 46.6 Å². The number of amides is 1. The van der Waals surface area contributed by atoms with Gasteiger partial charge in [-0.2, -0.15) is 0 Å². The Balaban J connectivity index is 1.50. The molecule has 1 N–H and O–H groups in total. The van der Waals surface area contributed by atoms with Gasteiger partial charge in [-0.3, -0.25) is 14.6 Å². The van der Waals surface area contributed by atoms with Crippen LogP contribution in [0.5, 0.6) is 0 Å². The minimum absolute atomic E-state index is 0.0267. The number of pyridine rings is 1. The molecule has 1 atom stereocenters. The topological polar surface area (TPSA) is 137 Å². The molecule has 0 saturated carbocycles. The molecule has 0 aliphatic rings. The minimum atomic E-state index is -3.97. The lowest BCUT2D eigenvalue weighted by Crippen LogP contribution is -2.19. The number of ether oxygens (including phenoxy) is 1. The van der Waals surface area contributed by atoms with Gasteiger partial charge in [-0.25, -0.2) is 16.8 Å². The van der Waals surface area contributed by atoms with Crippen molar-refractivity contribution in [3.05, 3.63) is 115 Å². The maximum atomic E-state index is 13.2. The fourth-order valence-corrected chi connectivity index (χ4v) is 6.86. The highest BCUT2D eigenvalue weighted by atomic mass is 32.2. The lowest BCUT2D eigenvalue weighted by molar-refractivity contribution is -0.140. The van der Waals surface area contributed by atoms with Gasteiger partial charge in [0, 0.05) is 17.8 Å². The Morgan fingerprint density at radius 3 is 1.93 bits per heavy atom. The summed E-state index contributed by atoms with van der Waals surface area (Å²) in [4.78, 5) is 28.0. The average molecular weight is 579 g/mol. The largest absolute Gasteiger partial charge is 0.469 e. The van der Waals surface area contributed by atoms with Crippen molar-refractivity contribution in [2.24, 2.45) is 0 Å². The summed E-state index contributed by atoms with van der Waals surface area (Å²) in [6.07, 6.45) is 1.37. The first-order valence-corrected chi connectivity index (χ1v) is 15.3. The number of benzene rings is 3. The van der Waals surface area contributed by atoms with E-state index in [-0.39, 0.29) is 32.6 Å². The third-order valence-electron chi connectivity index (χ3n) is 6.15. The summed E-state index contributed by atoms with van der Waals surface area (Å²) in [6, 6.07) is 24.3. The SMILES string of the molecule is COC(=O)CC(CS(=O)(=O)c1ccc(S(=O)(=O)c2ccc(NC(=O)c3ccccn3)cc2)cc1)c1ccccc1. The summed E-state index contributed by atoms with van der Waals surface area (Å²) in [7, 11) is -6.60. The molecular weight excluding hydrogens is 552 g/mol. The number of nitrogens with zero attached hydrogens (tertiary/aromatic N) is 1. The summed E-state index contributed by atoms with van der Waals surface area (Å²) in [5.74, 6) is -1.97. The molecule has 4 rings (SSSR count). The lowest BCUT2D eigenvalue weighted by Gasteiger charge is -2.17. The normalized spacial score (nSPS) is 12.3. The van der Waals surface area contributed by atoms with Crippen molar-refractivity contribution in [1.29, 1.82) is 0 Å². The van der Waals surface area contributed by atoms with E-state index in [1.807, 2.05) is 0 Å². The van der Waals surface area contributed by atoms with E-state index in [0.717, 1.165) is 0 Å². The van der Waals surface area contributed by atoms with Crippen molar-refractivity contribution in [2.45, 2.75) is 27.0 Å². The summed E-state index contributed by atoms with van der Waals surface area (Å²) < 4.78 is 57.5. The number of carbonyl (C=O) groups is 2. The molecule has 0 aliphatic heterocycles. The quantitative estimate of drug-likeness (QED) is 0.275. The van der Waals surface area contributed by atoms with Gasteiger partial charge in [0.25, 0.3) is 5.91 Å². The highest BCUT2D eigenvalue weighted by Gasteiger charge is 2.26. The van der Waals surface area contributed by atoms with E-state index in [1.165, 1.54) is 61.8 Å². The van der Waals surface area contributed by atoms with Crippen LogP contribution in [0.2, 0.25) is 0 Å². The number of hydrogen-bond donors (Lipinski definition) is 1. The number of carbonyl (C=O) groups excluding carboxylic acids is 2. The first-order valence-electron chi connectivity index (χ1n) is 12.1. The molecule has 1 unspecified atom stereocenters. The van der Waals surface area contributed by atoms with Crippen molar-refractivity contribution >= 4 is 37.2 Å². The smallest absolute Gasteiger partial charge is 0.306 e. The Hall–Kier alpha value is -4.35. The molecule has 0 bridgehead atoms. The van der Waals surface area contributed by atoms with Gasteiger partial charge >= 0.3 is 5.97 Å². The molecule has 1 aromatic heterocycles. The zero-order valence-electron chi connectivity index (χ0n) is 21.4. The molecule has 0 fully saturated rings. The first kappa shape index (κ1) is 28.7. The monoisotopic (exact) mass is 578 g/mol. The number of esters is 1. The van der Waals surface area contributed by atoms with Crippen LogP contribution in [0.4, 0.5) is 5.69 Å². The zero-order valence-corrected chi connectivity index (χ0v) is 23.1. The molecule has 11 heteroatoms. The molecule has 0 aliphatic carbocycles. The van der Waals surface area contributed by atoms with E-state index in [1.54, 1.807) is 48.5 Å². The van der Waals surface area contributed by atoms with Crippen LogP contribution in [0, 0.1) is 0 Å². The maximum absolute atomic E-state index is 13.2. The molecule has 1 amide bonds. The number of hydrogen-bond acceptors (Lipinski definition) is 8. The van der Waals surface area contributed by atoms with Crippen molar-refractivity contribution in [2.75, 3.05) is 18.2 Å². The number of methoxy groups -OCH3 is 1. The van der Waals surface area contributed by atoms with Gasteiger partial charge in [-0.15, -0.1) is 0 Å². The molecule has 206 valence electrons. The van der Waals surface area contributed by atoms with E-state index in [9.17, 15) is 26.4 Å². The van der Waals surface area contributed by atoms with Gasteiger partial charge in [0.15, 0.2) is 9.84 Å². The molecule has 0 saturated heterocycles. The second-order valence-electron chi connectivity index (χ2n) is 8.84. The van der Waals surface area contributed by atoms with Gasteiger partial charge < -0.3 is 10.1 Å². The third-order valence-corrected chi connectivity index (χ3v) is 9.76. The molecule has 1 heterocycles. The van der Waals surface area contributed by atoms with E-state index >= 15 is 0 Å². The highest BCUT2D eigenvalue weighted by molar-refractivity contribution is 7.92. The summed E-state index contributed by atoms with van der Waals surface area (Å²) in [5, 5.41) is 2.65. The Labute approximate surface area is 232 Å². The van der Waals surface area contributed by atoms with Crippen LogP contribution in [0.3, 0.4) is 0 Å². The molecule has 40 heavy (non-hydrogen) atoms. The van der Waals surface area contributed by atoms with Crippen LogP contribution in [0.15, 0.2) is 118 Å². The zero-order chi connectivity index (χ0) is 28.8. The van der Waals surface area contributed by atoms with Crippen LogP contribution < -0.4 is 5.32 Å². The Morgan fingerprint density at radius 2 is 1.35 bits per heavy atom. The van der Waals surface area contributed by atoms with Crippen LogP contribution >= 0.6 is 0 Å². The molecule has 9 nitrogen and oxygen atoms in total. The number of rotatable bonds is 10. The van der Waals surface area contributed by atoms with E-state index < -0.39 is 37.5 Å². The number of nitrogens with one attached hydrogen (secondary N) is 1. The fraction of sp³-hybridized carbons (Fsp3) is 0.138. The molecule has 0 radical (unpaired) electrons. The van der Waals surface area contributed by atoms with Crippen molar-refractivity contribution < 1.29 is 31.2 Å². The van der Waals surface area contributed by atoms with Gasteiger partial charge in [0.05, 0.1) is 34.0 Å². The van der Waals surface area contributed by atoms with Gasteiger partial charge in [-0.05, 0) is 66.2 Å². The molecule has 3 aromatic carbocycles. The fourth-order valence-electron chi connectivity index (χ4n) is 4.02. The predicted octanol–water partition coefficient (Wildman–Crippen LogP) is 4.29. The van der Waals surface area contributed by atoms with E-state index in [2.05, 4.69) is 10.3 Å². The van der Waals surface area contributed by atoms with E-state index in [4.69, 9.17) is 4.74 Å². The standard InChI is InChI=1S/C29H26N2O7S2/c1-38-28(32)19-22(21-7-3-2-4-8-21)20-39(34,35)24-14-16-26(17-15-24)40(36,37)25-12-10-23(11-13-25)31-29(33)27-9-5-6-18-30-27/h2-18,22H,19-20H2,1H3,(H,31,33). The summed E-state index contributed by atoms with van der Waals surface area (Å²) in [5.41, 5.74) is 1.28. The number of sulfone groups is 2. The van der Waals surface area contributed by atoms with Crippen LogP contribution in [0.25, 0.3) is 0 Å². The van der Waals surface area contributed by atoms with Gasteiger partial charge in [0.1, 0.15) is 5.69 Å². The Bertz CT molecular complexity index is 1690. The Morgan fingerprint density at radius 1 is 0.775 bits per heavy atom. The second-order valence-corrected chi connectivity index (χ2v) is 12.8. The van der Waals surface area contributed by atoms with Crippen molar-refractivity contribution in [3.63, 3.8) is 0 Å². The number of anilines is 1. The van der Waals surface area contributed by atoms with Crippen LogP contribution in [-0.2, 0) is 29.2 Å². The Kier molecular flexibility index (Phi) is 8.76. The average Bonchev–Trinajstić information content (AvgIpc) is 2.98. The van der Waals surface area contributed by atoms with Gasteiger partial charge in [0.2, 0.25) is 9.84 Å². The highest BCUT2D eigenvalue weighted by Crippen LogP contribution is 2.28. The number of aromatic nitrogens is 1. The predicted molar refractivity (Wildman–Crippen MR) is 148 cm³/mol. The summed E-state index contributed by atoms with van der Waals surface area (Å²) >= 11 is 0. The van der Waals surface area contributed by atoms with Crippen LogP contribution in [0.1, 0.15) is 28.4 Å². The van der Waals surface area contributed by atoms with E-state index in [0.29, 0.717) is 11.3 Å². The molecule has 0 spiro atoms. The van der Waals surface area contributed by atoms with Gasteiger partial charge in [-0.1, -0.05) is 36.4 Å². The first-order chi connectivity index (χ1) is 19.1. The lowest BCUT2D eigenvalue weighted by atomic mass is 9.98. The maximum Gasteiger partial charge on any atom is 0.306 e. The molecule has 4 aromatic rings. The minimum Gasteiger partial charge on any atom is -0.469 e. The van der Waals surface area contributed by atoms with Crippen molar-refractivity contribution in [3.8, 4) is 0 Å².